The minimum atomic E-state index is 0.345. The van der Waals surface area contributed by atoms with E-state index in [1.165, 1.54) is 11.3 Å². The summed E-state index contributed by atoms with van der Waals surface area (Å²) in [7, 11) is 0. The third-order valence-electron chi connectivity index (χ3n) is 3.10. The lowest BCUT2D eigenvalue weighted by Gasteiger charge is -2.04. The topological polar surface area (TPSA) is 34.9 Å². The average Bonchev–Trinajstić information content (AvgIpc) is 2.53. The second kappa shape index (κ2) is 5.83. The number of hydrogen-bond donors (Lipinski definition) is 0. The Morgan fingerprint density at radius 2 is 2.00 bits per heavy atom. The van der Waals surface area contributed by atoms with Crippen molar-refractivity contribution in [3.05, 3.63) is 17.0 Å². The van der Waals surface area contributed by atoms with Gasteiger partial charge in [-0.15, -0.1) is 0 Å². The van der Waals surface area contributed by atoms with Crippen LogP contribution in [0.5, 0.6) is 0 Å². The molecule has 1 aromatic heterocycles. The van der Waals surface area contributed by atoms with Gasteiger partial charge >= 0.3 is 0 Å². The van der Waals surface area contributed by atoms with Crippen molar-refractivity contribution in [2.45, 2.75) is 59.9 Å². The van der Waals surface area contributed by atoms with E-state index in [2.05, 4.69) is 25.9 Å². The van der Waals surface area contributed by atoms with Crippen molar-refractivity contribution >= 4 is 5.78 Å². The Balaban J connectivity index is 2.58. The zero-order chi connectivity index (χ0) is 12.1. The molecule has 1 aromatic rings. The van der Waals surface area contributed by atoms with Crippen LogP contribution in [0.2, 0.25) is 0 Å². The molecule has 90 valence electrons. The fourth-order valence-corrected chi connectivity index (χ4v) is 2.07. The summed E-state index contributed by atoms with van der Waals surface area (Å²) >= 11 is 0. The van der Waals surface area contributed by atoms with Gasteiger partial charge in [0.25, 0.3) is 0 Å². The van der Waals surface area contributed by atoms with E-state index in [9.17, 15) is 4.79 Å². The van der Waals surface area contributed by atoms with Crippen LogP contribution in [0.3, 0.4) is 0 Å². The van der Waals surface area contributed by atoms with Crippen LogP contribution < -0.4 is 0 Å². The van der Waals surface area contributed by atoms with Crippen molar-refractivity contribution in [3.63, 3.8) is 0 Å². The van der Waals surface area contributed by atoms with E-state index >= 15 is 0 Å². The van der Waals surface area contributed by atoms with Crippen LogP contribution in [0.25, 0.3) is 0 Å². The van der Waals surface area contributed by atoms with Gasteiger partial charge in [0.2, 0.25) is 0 Å². The van der Waals surface area contributed by atoms with Crippen LogP contribution in [0.4, 0.5) is 0 Å². The first-order valence-corrected chi connectivity index (χ1v) is 6.14. The van der Waals surface area contributed by atoms with Crippen LogP contribution in [-0.4, -0.2) is 15.6 Å². The monoisotopic (exact) mass is 222 g/mol. The fourth-order valence-electron chi connectivity index (χ4n) is 2.07. The van der Waals surface area contributed by atoms with Crippen LogP contribution >= 0.6 is 0 Å². The molecule has 0 amide bonds. The normalized spacial score (nSPS) is 10.8. The van der Waals surface area contributed by atoms with E-state index < -0.39 is 0 Å². The summed E-state index contributed by atoms with van der Waals surface area (Å²) in [5, 5.41) is 4.51. The van der Waals surface area contributed by atoms with Gasteiger partial charge in [-0.25, -0.2) is 0 Å². The minimum absolute atomic E-state index is 0.345. The van der Waals surface area contributed by atoms with Crippen LogP contribution in [0.1, 0.15) is 50.1 Å². The van der Waals surface area contributed by atoms with Gasteiger partial charge < -0.3 is 0 Å². The second-order valence-electron chi connectivity index (χ2n) is 4.22. The third-order valence-corrected chi connectivity index (χ3v) is 3.10. The lowest BCUT2D eigenvalue weighted by Crippen LogP contribution is -2.05. The van der Waals surface area contributed by atoms with Gasteiger partial charge in [-0.1, -0.05) is 13.8 Å². The number of rotatable bonds is 6. The molecule has 3 nitrogen and oxygen atoms in total. The summed E-state index contributed by atoms with van der Waals surface area (Å²) < 4.78 is 2.04. The van der Waals surface area contributed by atoms with Gasteiger partial charge in [-0.3, -0.25) is 9.48 Å². The summed E-state index contributed by atoms with van der Waals surface area (Å²) in [5.74, 6) is 0.345. The Bertz CT molecular complexity index is 366. The molecule has 0 radical (unpaired) electrons. The molecule has 0 spiro atoms. The number of carbonyl (C=O) groups excluding carboxylic acids is 1. The van der Waals surface area contributed by atoms with Gasteiger partial charge in [-0.05, 0) is 32.3 Å². The molecule has 1 heterocycles. The summed E-state index contributed by atoms with van der Waals surface area (Å²) in [4.78, 5) is 11.2. The van der Waals surface area contributed by atoms with Crippen molar-refractivity contribution < 1.29 is 4.79 Å². The zero-order valence-corrected chi connectivity index (χ0v) is 10.8. The van der Waals surface area contributed by atoms with Crippen molar-refractivity contribution in [1.82, 2.24) is 9.78 Å². The maximum Gasteiger partial charge on any atom is 0.132 e. The number of aryl methyl sites for hydroxylation is 2. The van der Waals surface area contributed by atoms with Gasteiger partial charge in [-0.2, -0.15) is 5.10 Å². The smallest absolute Gasteiger partial charge is 0.132 e. The first kappa shape index (κ1) is 12.9. The standard InChI is InChI=1S/C13H22N2O/c1-5-12(16)8-7-9-15-11(4)13(6-2)10(3)14-15/h5-9H2,1-4H3. The zero-order valence-electron chi connectivity index (χ0n) is 10.8. The van der Waals surface area contributed by atoms with E-state index in [4.69, 9.17) is 0 Å². The molecule has 0 aromatic carbocycles. The van der Waals surface area contributed by atoms with Crippen molar-refractivity contribution in [2.24, 2.45) is 0 Å². The number of nitrogens with zero attached hydrogens (tertiary/aromatic N) is 2. The molecule has 0 aliphatic heterocycles. The predicted octanol–water partition coefficient (Wildman–Crippen LogP) is 2.82. The maximum atomic E-state index is 11.2. The molecule has 0 N–H and O–H groups in total. The molecule has 0 atom stereocenters. The summed E-state index contributed by atoms with van der Waals surface area (Å²) in [6.45, 7) is 9.10. The summed E-state index contributed by atoms with van der Waals surface area (Å²) in [6, 6.07) is 0. The lowest BCUT2D eigenvalue weighted by molar-refractivity contribution is -0.118. The van der Waals surface area contributed by atoms with E-state index in [1.54, 1.807) is 0 Å². The van der Waals surface area contributed by atoms with Crippen molar-refractivity contribution in [3.8, 4) is 0 Å². The molecule has 0 fully saturated rings. The van der Waals surface area contributed by atoms with Crippen LogP contribution in [0, 0.1) is 13.8 Å². The highest BCUT2D eigenvalue weighted by atomic mass is 16.1. The van der Waals surface area contributed by atoms with Gasteiger partial charge in [0.15, 0.2) is 0 Å². The minimum Gasteiger partial charge on any atom is -0.300 e. The number of aromatic nitrogens is 2. The highest BCUT2D eigenvalue weighted by Crippen LogP contribution is 2.14. The number of carbonyl (C=O) groups is 1. The molecule has 3 heteroatoms. The molecule has 0 bridgehead atoms. The lowest BCUT2D eigenvalue weighted by atomic mass is 10.1. The van der Waals surface area contributed by atoms with E-state index in [0.717, 1.165) is 25.1 Å². The second-order valence-corrected chi connectivity index (χ2v) is 4.22. The Kier molecular flexibility index (Phi) is 4.71. The fraction of sp³-hybridized carbons (Fsp3) is 0.692. The SMILES string of the molecule is CCC(=O)CCCn1nc(C)c(CC)c1C. The molecule has 0 aliphatic rings. The molecular formula is C13H22N2O. The molecule has 0 unspecified atom stereocenters. The number of hydrogen-bond acceptors (Lipinski definition) is 2. The first-order valence-electron chi connectivity index (χ1n) is 6.14. The maximum absolute atomic E-state index is 11.2. The summed E-state index contributed by atoms with van der Waals surface area (Å²) in [6.07, 6.45) is 3.26. The Labute approximate surface area is 97.8 Å². The first-order chi connectivity index (χ1) is 7.60. The van der Waals surface area contributed by atoms with Crippen molar-refractivity contribution in [2.75, 3.05) is 0 Å². The van der Waals surface area contributed by atoms with E-state index in [1.807, 2.05) is 11.6 Å². The predicted molar refractivity (Wildman–Crippen MR) is 65.6 cm³/mol. The average molecular weight is 222 g/mol. The Hall–Kier alpha value is -1.12. The number of ketones is 1. The largest absolute Gasteiger partial charge is 0.300 e. The van der Waals surface area contributed by atoms with Crippen LogP contribution in [0.15, 0.2) is 0 Å². The van der Waals surface area contributed by atoms with Gasteiger partial charge in [0.05, 0.1) is 5.69 Å². The molecule has 16 heavy (non-hydrogen) atoms. The Morgan fingerprint density at radius 3 is 2.50 bits per heavy atom. The highest BCUT2D eigenvalue weighted by Gasteiger charge is 2.09. The molecule has 0 aliphatic carbocycles. The van der Waals surface area contributed by atoms with Crippen molar-refractivity contribution in [1.29, 1.82) is 0 Å². The van der Waals surface area contributed by atoms with Gasteiger partial charge in [0.1, 0.15) is 5.78 Å². The van der Waals surface area contributed by atoms with E-state index in [0.29, 0.717) is 18.6 Å². The third kappa shape index (κ3) is 2.94. The molecule has 0 saturated carbocycles. The van der Waals surface area contributed by atoms with Gasteiger partial charge in [0, 0.05) is 25.1 Å². The highest BCUT2D eigenvalue weighted by molar-refractivity contribution is 5.77. The van der Waals surface area contributed by atoms with E-state index in [-0.39, 0.29) is 0 Å². The molecular weight excluding hydrogens is 200 g/mol. The molecule has 0 saturated heterocycles. The Morgan fingerprint density at radius 1 is 1.31 bits per heavy atom. The quantitative estimate of drug-likeness (QED) is 0.742. The van der Waals surface area contributed by atoms with Crippen LogP contribution in [-0.2, 0) is 17.8 Å². The number of Topliss-reactive ketones (excluding diaryl/α,β-unsaturated/α-hetero) is 1. The summed E-state index contributed by atoms with van der Waals surface area (Å²) in [5.41, 5.74) is 3.73. The molecule has 1 rings (SSSR count).